The Kier molecular flexibility index (Phi) is 9.86. The second-order valence-corrected chi connectivity index (χ2v) is 7.49. The summed E-state index contributed by atoms with van der Waals surface area (Å²) in [6.07, 6.45) is -12.8. The quantitative estimate of drug-likeness (QED) is 0.118. The van der Waals surface area contributed by atoms with Crippen LogP contribution in [0.4, 0.5) is 0 Å². The maximum Gasteiger partial charge on any atom is 0.339 e. The normalized spacial score (nSPS) is 39.8. The number of carbonyl (C=O) groups excluding carboxylic acids is 2. The summed E-state index contributed by atoms with van der Waals surface area (Å²) in [5.74, 6) is -4.02. The van der Waals surface area contributed by atoms with Gasteiger partial charge in [0.1, 0.15) is 55.9 Å². The third-order valence-electron chi connectivity index (χ3n) is 5.07. The maximum absolute atomic E-state index is 11.6. The van der Waals surface area contributed by atoms with E-state index in [1.807, 2.05) is 0 Å². The van der Waals surface area contributed by atoms with Crippen LogP contribution in [0.15, 0.2) is 0 Å². The van der Waals surface area contributed by atoms with E-state index in [0.29, 0.717) is 6.42 Å². The lowest BCUT2D eigenvalue weighted by molar-refractivity contribution is -0.384. The molecule has 2 aliphatic rings. The van der Waals surface area contributed by atoms with Crippen molar-refractivity contribution in [3.63, 3.8) is 0 Å². The molecule has 0 aromatic rings. The summed E-state index contributed by atoms with van der Waals surface area (Å²) in [5.41, 5.74) is 0. The molecule has 0 aliphatic carbocycles. The van der Waals surface area contributed by atoms with Crippen molar-refractivity contribution in [2.75, 3.05) is 26.4 Å². The van der Waals surface area contributed by atoms with Crippen LogP contribution in [-0.2, 0) is 33.3 Å². The molecule has 2 saturated heterocycles. The second-order valence-electron chi connectivity index (χ2n) is 7.49. The minimum Gasteiger partial charge on any atom is -0.394 e. The molecule has 14 heteroatoms. The van der Waals surface area contributed by atoms with Gasteiger partial charge in [0.15, 0.2) is 6.29 Å². The molecule has 0 aromatic carbocycles. The van der Waals surface area contributed by atoms with Gasteiger partial charge in [-0.25, -0.2) is 4.79 Å². The van der Waals surface area contributed by atoms with E-state index in [9.17, 15) is 45.3 Å². The minimum absolute atomic E-state index is 0.0473. The number of aliphatic hydroxyl groups excluding tert-OH is 7. The molecular weight excluding hydrogens is 440 g/mol. The Hall–Kier alpha value is -1.30. The Morgan fingerprint density at radius 1 is 0.938 bits per heavy atom. The van der Waals surface area contributed by atoms with E-state index in [-0.39, 0.29) is 6.42 Å². The van der Waals surface area contributed by atoms with Crippen LogP contribution in [-0.4, -0.2) is 129 Å². The van der Waals surface area contributed by atoms with E-state index < -0.39 is 93.2 Å². The summed E-state index contributed by atoms with van der Waals surface area (Å²) in [6, 6.07) is 0. The number of hydrogen-bond donors (Lipinski definition) is 7. The van der Waals surface area contributed by atoms with Crippen LogP contribution in [0.2, 0.25) is 0 Å². The first-order chi connectivity index (χ1) is 15.1. The van der Waals surface area contributed by atoms with Crippen LogP contribution < -0.4 is 0 Å². The zero-order valence-corrected chi connectivity index (χ0v) is 17.3. The predicted octanol–water partition coefficient (Wildman–Crippen LogP) is -4.50. The fraction of sp³-hybridized carbons (Fsp3) is 0.889. The van der Waals surface area contributed by atoms with Gasteiger partial charge in [0.2, 0.25) is 5.79 Å². The zero-order valence-electron chi connectivity index (χ0n) is 17.3. The lowest BCUT2D eigenvalue weighted by atomic mass is 9.99. The molecule has 9 atom stereocenters. The van der Waals surface area contributed by atoms with Gasteiger partial charge in [0.25, 0.3) is 0 Å². The molecule has 0 spiro atoms. The first-order valence-electron chi connectivity index (χ1n) is 10.0. The minimum atomic E-state index is -2.31. The molecule has 0 unspecified atom stereocenters. The van der Waals surface area contributed by atoms with E-state index in [4.69, 9.17) is 18.9 Å². The Morgan fingerprint density at radius 3 is 2.19 bits per heavy atom. The second kappa shape index (κ2) is 11.7. The molecular formula is C18H30O14. The maximum atomic E-state index is 11.6. The zero-order chi connectivity index (χ0) is 24.1. The van der Waals surface area contributed by atoms with Gasteiger partial charge in [-0.1, -0.05) is 6.92 Å². The molecule has 0 bridgehead atoms. The fourth-order valence-corrected chi connectivity index (χ4v) is 3.29. The third kappa shape index (κ3) is 5.98. The highest BCUT2D eigenvalue weighted by atomic mass is 16.8. The largest absolute Gasteiger partial charge is 0.394 e. The first-order valence-corrected chi connectivity index (χ1v) is 10.0. The first kappa shape index (κ1) is 26.9. The average Bonchev–Trinajstić information content (AvgIpc) is 3.00. The predicted molar refractivity (Wildman–Crippen MR) is 98.4 cm³/mol. The summed E-state index contributed by atoms with van der Waals surface area (Å²) in [5, 5.41) is 69.4. The van der Waals surface area contributed by atoms with Crippen molar-refractivity contribution in [3.8, 4) is 0 Å². The van der Waals surface area contributed by atoms with Gasteiger partial charge in [-0.15, -0.1) is 0 Å². The van der Waals surface area contributed by atoms with E-state index in [1.54, 1.807) is 6.92 Å². The molecule has 186 valence electrons. The molecule has 32 heavy (non-hydrogen) atoms. The van der Waals surface area contributed by atoms with Gasteiger partial charge in [-0.05, 0) is 6.42 Å². The summed E-state index contributed by atoms with van der Waals surface area (Å²) < 4.78 is 25.4. The molecule has 0 aromatic heterocycles. The van der Waals surface area contributed by atoms with Crippen LogP contribution in [0, 0.1) is 0 Å². The van der Waals surface area contributed by atoms with Crippen molar-refractivity contribution in [3.05, 3.63) is 0 Å². The van der Waals surface area contributed by atoms with Gasteiger partial charge in [-0.2, -0.15) is 0 Å². The fourth-order valence-electron chi connectivity index (χ4n) is 3.29. The van der Waals surface area contributed by atoms with Gasteiger partial charge in [-0.3, -0.25) is 4.79 Å². The number of hydrogen-bond acceptors (Lipinski definition) is 14. The Balaban J connectivity index is 1.99. The standard InChI is InChI=1S/C18H30O14/c1-2-3-10(21)30-11(22)6-28-5-9-12(23)14(25)15(26)17(29-9)32-18(7-20)16(27)13(24)8(4-19)31-18/h8-9,12-17,19-20,23-27H,2-7H2,1H3/t8-,9-,12-,13-,14+,15-,16+,17-,18+/m1/s1. The molecule has 0 radical (unpaired) electrons. The summed E-state index contributed by atoms with van der Waals surface area (Å²) in [7, 11) is 0. The summed E-state index contributed by atoms with van der Waals surface area (Å²) >= 11 is 0. The van der Waals surface area contributed by atoms with E-state index in [1.165, 1.54) is 0 Å². The Morgan fingerprint density at radius 2 is 1.62 bits per heavy atom. The van der Waals surface area contributed by atoms with Gasteiger partial charge >= 0.3 is 11.9 Å². The topological polar surface area (TPSA) is 222 Å². The molecule has 2 heterocycles. The van der Waals surface area contributed by atoms with E-state index in [0.717, 1.165) is 0 Å². The van der Waals surface area contributed by atoms with Crippen LogP contribution in [0.1, 0.15) is 19.8 Å². The molecule has 2 aliphatic heterocycles. The SMILES string of the molecule is CCCC(=O)OC(=O)COC[C@H]1O[C@H](O[C@]2(CO)O[C@H](CO)[C@@H](O)[C@@H]2O)[C@H](O)[C@@H](O)[C@@H]1O. The van der Waals surface area contributed by atoms with E-state index in [2.05, 4.69) is 4.74 Å². The van der Waals surface area contributed by atoms with Crippen molar-refractivity contribution in [2.24, 2.45) is 0 Å². The van der Waals surface area contributed by atoms with Gasteiger partial charge < -0.3 is 59.4 Å². The molecule has 0 amide bonds. The van der Waals surface area contributed by atoms with Crippen molar-refractivity contribution in [1.29, 1.82) is 0 Å². The van der Waals surface area contributed by atoms with Gasteiger partial charge in [0.05, 0.1) is 13.2 Å². The number of rotatable bonds is 10. The third-order valence-corrected chi connectivity index (χ3v) is 5.07. The lowest BCUT2D eigenvalue weighted by Crippen LogP contribution is -2.62. The highest BCUT2D eigenvalue weighted by Gasteiger charge is 2.58. The van der Waals surface area contributed by atoms with Crippen LogP contribution in [0.3, 0.4) is 0 Å². The lowest BCUT2D eigenvalue weighted by Gasteiger charge is -2.43. The summed E-state index contributed by atoms with van der Waals surface area (Å²) in [4.78, 5) is 22.9. The van der Waals surface area contributed by atoms with Crippen LogP contribution >= 0.6 is 0 Å². The van der Waals surface area contributed by atoms with Gasteiger partial charge in [0, 0.05) is 6.42 Å². The molecule has 0 saturated carbocycles. The van der Waals surface area contributed by atoms with Crippen molar-refractivity contribution in [2.45, 2.75) is 74.6 Å². The van der Waals surface area contributed by atoms with Crippen LogP contribution in [0.5, 0.6) is 0 Å². The highest BCUT2D eigenvalue weighted by molar-refractivity contribution is 5.85. The number of esters is 2. The Bertz CT molecular complexity index is 631. The van der Waals surface area contributed by atoms with Crippen molar-refractivity contribution >= 4 is 11.9 Å². The summed E-state index contributed by atoms with van der Waals surface area (Å²) in [6.45, 7) is -1.18. The molecule has 7 N–H and O–H groups in total. The highest BCUT2D eigenvalue weighted by Crippen LogP contribution is 2.36. The number of carbonyl (C=O) groups is 2. The molecule has 14 nitrogen and oxygen atoms in total. The molecule has 2 rings (SSSR count). The average molecular weight is 470 g/mol. The Labute approximate surface area is 182 Å². The molecule has 2 fully saturated rings. The monoisotopic (exact) mass is 470 g/mol. The van der Waals surface area contributed by atoms with Crippen molar-refractivity contribution in [1.82, 2.24) is 0 Å². The number of aliphatic hydroxyl groups is 7. The van der Waals surface area contributed by atoms with E-state index >= 15 is 0 Å². The van der Waals surface area contributed by atoms with Crippen LogP contribution in [0.25, 0.3) is 0 Å². The number of ether oxygens (including phenoxy) is 5. The van der Waals surface area contributed by atoms with Crippen molar-refractivity contribution < 1.29 is 69.0 Å². The smallest absolute Gasteiger partial charge is 0.339 e.